The number of ether oxygens (including phenoxy) is 1. The molecule has 0 unspecified atom stereocenters. The fourth-order valence-electron chi connectivity index (χ4n) is 1.88. The zero-order valence-electron chi connectivity index (χ0n) is 13.7. The van der Waals surface area contributed by atoms with E-state index in [2.05, 4.69) is 20.6 Å². The maximum atomic E-state index is 11.7. The largest absolute Gasteiger partial charge is 0.444 e. The summed E-state index contributed by atoms with van der Waals surface area (Å²) in [5.74, 6) is 0. The lowest BCUT2D eigenvalue weighted by Gasteiger charge is -2.19. The molecule has 0 radical (unpaired) electrons. The summed E-state index contributed by atoms with van der Waals surface area (Å²) in [6.45, 7) is 6.90. The molecule has 1 amide bonds. The Morgan fingerprint density at radius 1 is 1.13 bits per heavy atom. The van der Waals surface area contributed by atoms with Crippen LogP contribution in [0.1, 0.15) is 32.0 Å². The van der Waals surface area contributed by atoms with E-state index in [1.54, 1.807) is 6.20 Å². The zero-order chi connectivity index (χ0) is 16.7. The van der Waals surface area contributed by atoms with Gasteiger partial charge < -0.3 is 10.1 Å². The fraction of sp³-hybridized carbons (Fsp3) is 0.353. The van der Waals surface area contributed by atoms with Crippen LogP contribution < -0.4 is 10.6 Å². The van der Waals surface area contributed by atoms with Gasteiger partial charge >= 0.3 is 6.09 Å². The minimum absolute atomic E-state index is 0.452. The van der Waals surface area contributed by atoms with Crippen molar-refractivity contribution in [3.8, 4) is 0 Å². The number of carbonyl (C=O) groups excluding carboxylic acids is 1. The third-order valence-electron chi connectivity index (χ3n) is 2.88. The topological polar surface area (TPSA) is 76.1 Å². The van der Waals surface area contributed by atoms with Gasteiger partial charge in [0.15, 0.2) is 0 Å². The highest BCUT2D eigenvalue weighted by Crippen LogP contribution is 2.13. The molecule has 0 aliphatic heterocycles. The van der Waals surface area contributed by atoms with Crippen LogP contribution in [0.4, 0.5) is 10.5 Å². The van der Waals surface area contributed by atoms with Crippen LogP contribution in [0, 0.1) is 0 Å². The first kappa shape index (κ1) is 16.9. The predicted molar refractivity (Wildman–Crippen MR) is 88.9 cm³/mol. The highest BCUT2D eigenvalue weighted by atomic mass is 16.6. The summed E-state index contributed by atoms with van der Waals surface area (Å²) < 4.78 is 5.21. The lowest BCUT2D eigenvalue weighted by Crippen LogP contribution is -2.27. The van der Waals surface area contributed by atoms with E-state index >= 15 is 0 Å². The molecule has 0 aliphatic rings. The highest BCUT2D eigenvalue weighted by Gasteiger charge is 2.15. The monoisotopic (exact) mass is 314 g/mol. The Labute approximate surface area is 136 Å². The summed E-state index contributed by atoms with van der Waals surface area (Å²) in [4.78, 5) is 19.7. The first-order valence-corrected chi connectivity index (χ1v) is 7.47. The number of hydrogen-bond donors (Lipinski definition) is 2. The van der Waals surface area contributed by atoms with E-state index in [1.807, 2.05) is 51.1 Å². The number of anilines is 1. The smallest absolute Gasteiger partial charge is 0.412 e. The maximum absolute atomic E-state index is 11.7. The first-order chi connectivity index (χ1) is 10.9. The summed E-state index contributed by atoms with van der Waals surface area (Å²) in [5.41, 5.74) is 2.27. The maximum Gasteiger partial charge on any atom is 0.412 e. The Morgan fingerprint density at radius 2 is 1.87 bits per heavy atom. The Balaban J connectivity index is 1.79. The van der Waals surface area contributed by atoms with E-state index in [4.69, 9.17) is 4.74 Å². The van der Waals surface area contributed by atoms with Crippen LogP contribution in [-0.2, 0) is 17.8 Å². The number of benzene rings is 1. The fourth-order valence-corrected chi connectivity index (χ4v) is 1.88. The van der Waals surface area contributed by atoms with E-state index in [1.165, 1.54) is 6.33 Å². The van der Waals surface area contributed by atoms with Crippen molar-refractivity contribution in [1.82, 2.24) is 15.3 Å². The van der Waals surface area contributed by atoms with Crippen LogP contribution >= 0.6 is 0 Å². The number of amides is 1. The molecule has 2 aromatic rings. The number of aromatic nitrogens is 2. The molecule has 2 rings (SSSR count). The van der Waals surface area contributed by atoms with Crippen molar-refractivity contribution in [2.75, 3.05) is 5.32 Å². The molecule has 23 heavy (non-hydrogen) atoms. The number of hydrogen-bond acceptors (Lipinski definition) is 5. The van der Waals surface area contributed by atoms with Crippen molar-refractivity contribution < 1.29 is 9.53 Å². The molecule has 0 fully saturated rings. The van der Waals surface area contributed by atoms with E-state index in [0.29, 0.717) is 12.2 Å². The van der Waals surface area contributed by atoms with Crippen molar-refractivity contribution in [3.63, 3.8) is 0 Å². The van der Waals surface area contributed by atoms with E-state index in [9.17, 15) is 4.79 Å². The molecule has 0 aliphatic carbocycles. The molecule has 0 spiro atoms. The Kier molecular flexibility index (Phi) is 5.65. The molecule has 6 heteroatoms. The molecule has 0 atom stereocenters. The predicted octanol–water partition coefficient (Wildman–Crippen LogP) is 3.11. The number of rotatable bonds is 5. The number of carbonyl (C=O) groups is 1. The first-order valence-electron chi connectivity index (χ1n) is 7.47. The van der Waals surface area contributed by atoms with Crippen LogP contribution in [0.25, 0.3) is 0 Å². The Bertz CT molecular complexity index is 621. The van der Waals surface area contributed by atoms with Crippen molar-refractivity contribution in [2.24, 2.45) is 0 Å². The average molecular weight is 314 g/mol. The number of nitrogens with zero attached hydrogens (tertiary/aromatic N) is 2. The van der Waals surface area contributed by atoms with Crippen molar-refractivity contribution in [1.29, 1.82) is 0 Å². The van der Waals surface area contributed by atoms with E-state index in [0.717, 1.165) is 17.8 Å². The molecule has 0 saturated heterocycles. The lowest BCUT2D eigenvalue weighted by atomic mass is 10.2. The SMILES string of the molecule is CC(C)(C)OC(=O)Nc1ccc(CNCc2ccncn2)cc1. The Morgan fingerprint density at radius 3 is 2.48 bits per heavy atom. The molecule has 2 N–H and O–H groups in total. The zero-order valence-corrected chi connectivity index (χ0v) is 13.7. The van der Waals surface area contributed by atoms with E-state index < -0.39 is 11.7 Å². The molecule has 0 bridgehead atoms. The normalized spacial score (nSPS) is 11.1. The quantitative estimate of drug-likeness (QED) is 0.887. The summed E-state index contributed by atoms with van der Waals surface area (Å²) in [6.07, 6.45) is 2.81. The Hall–Kier alpha value is -2.47. The lowest BCUT2D eigenvalue weighted by molar-refractivity contribution is 0.0636. The van der Waals surface area contributed by atoms with Crippen LogP contribution in [-0.4, -0.2) is 21.7 Å². The van der Waals surface area contributed by atoms with Gasteiger partial charge in [-0.25, -0.2) is 14.8 Å². The summed E-state index contributed by atoms with van der Waals surface area (Å²) in [5, 5.41) is 6.02. The average Bonchev–Trinajstić information content (AvgIpc) is 2.48. The van der Waals surface area contributed by atoms with Crippen LogP contribution in [0.15, 0.2) is 42.9 Å². The minimum Gasteiger partial charge on any atom is -0.444 e. The highest BCUT2D eigenvalue weighted by molar-refractivity contribution is 5.84. The van der Waals surface area contributed by atoms with Crippen molar-refractivity contribution in [2.45, 2.75) is 39.5 Å². The van der Waals surface area contributed by atoms with Crippen LogP contribution in [0.3, 0.4) is 0 Å². The molecule has 6 nitrogen and oxygen atoms in total. The molecular formula is C17H22N4O2. The third-order valence-corrected chi connectivity index (χ3v) is 2.88. The van der Waals surface area contributed by atoms with Gasteiger partial charge in [-0.05, 0) is 44.5 Å². The van der Waals surface area contributed by atoms with Gasteiger partial charge in [-0.3, -0.25) is 5.32 Å². The van der Waals surface area contributed by atoms with Gasteiger partial charge in [-0.2, -0.15) is 0 Å². The van der Waals surface area contributed by atoms with Gasteiger partial charge in [0.25, 0.3) is 0 Å². The standard InChI is InChI=1S/C17H22N4O2/c1-17(2,3)23-16(22)21-14-6-4-13(5-7-14)10-19-11-15-8-9-18-12-20-15/h4-9,12,19H,10-11H2,1-3H3,(H,21,22). The summed E-state index contributed by atoms with van der Waals surface area (Å²) in [7, 11) is 0. The van der Waals surface area contributed by atoms with Gasteiger partial charge in [0, 0.05) is 25.0 Å². The van der Waals surface area contributed by atoms with Crippen molar-refractivity contribution >= 4 is 11.8 Å². The van der Waals surface area contributed by atoms with Crippen LogP contribution in [0.5, 0.6) is 0 Å². The summed E-state index contributed by atoms with van der Waals surface area (Å²) >= 11 is 0. The molecule has 122 valence electrons. The minimum atomic E-state index is -0.505. The van der Waals surface area contributed by atoms with Crippen molar-refractivity contribution in [3.05, 3.63) is 54.1 Å². The second-order valence-electron chi connectivity index (χ2n) is 6.13. The van der Waals surface area contributed by atoms with Gasteiger partial charge in [0.2, 0.25) is 0 Å². The molecule has 1 aromatic carbocycles. The third kappa shape index (κ3) is 6.44. The second kappa shape index (κ2) is 7.69. The van der Waals surface area contributed by atoms with Crippen LogP contribution in [0.2, 0.25) is 0 Å². The van der Waals surface area contributed by atoms with Gasteiger partial charge in [0.1, 0.15) is 11.9 Å². The molecule has 0 saturated carbocycles. The molecule has 1 heterocycles. The van der Waals surface area contributed by atoms with Gasteiger partial charge in [-0.15, -0.1) is 0 Å². The summed E-state index contributed by atoms with van der Waals surface area (Å²) in [6, 6.07) is 9.50. The second-order valence-corrected chi connectivity index (χ2v) is 6.13. The molecular weight excluding hydrogens is 292 g/mol. The molecule has 1 aromatic heterocycles. The van der Waals surface area contributed by atoms with E-state index in [-0.39, 0.29) is 0 Å². The van der Waals surface area contributed by atoms with Gasteiger partial charge in [0.05, 0.1) is 5.69 Å². The van der Waals surface area contributed by atoms with Gasteiger partial charge in [-0.1, -0.05) is 12.1 Å². The number of nitrogens with one attached hydrogen (secondary N) is 2.